The molecule has 15 heavy (non-hydrogen) atoms. The molecule has 0 aliphatic rings. The lowest BCUT2D eigenvalue weighted by atomic mass is 10.1. The van der Waals surface area contributed by atoms with Crippen molar-refractivity contribution in [3.8, 4) is 0 Å². The van der Waals surface area contributed by atoms with Crippen molar-refractivity contribution in [3.63, 3.8) is 0 Å². The Hall–Kier alpha value is -1.42. The molecule has 0 aliphatic heterocycles. The van der Waals surface area contributed by atoms with E-state index in [1.165, 1.54) is 5.56 Å². The van der Waals surface area contributed by atoms with Crippen LogP contribution in [0.15, 0.2) is 18.3 Å². The van der Waals surface area contributed by atoms with E-state index in [0.29, 0.717) is 19.5 Å². The van der Waals surface area contributed by atoms with Crippen molar-refractivity contribution in [3.05, 3.63) is 29.6 Å². The molecule has 1 aromatic rings. The quantitative estimate of drug-likeness (QED) is 0.671. The number of carbonyl (C=O) groups is 1. The number of nitrogens with zero attached hydrogens (tertiary/aromatic N) is 1. The third-order valence-corrected chi connectivity index (χ3v) is 2.21. The van der Waals surface area contributed by atoms with Crippen LogP contribution in [-0.2, 0) is 17.8 Å². The highest BCUT2D eigenvalue weighted by Gasteiger charge is 2.00. The van der Waals surface area contributed by atoms with E-state index in [4.69, 9.17) is 5.73 Å². The molecule has 1 amide bonds. The summed E-state index contributed by atoms with van der Waals surface area (Å²) in [5, 5.41) is 3.14. The van der Waals surface area contributed by atoms with Gasteiger partial charge in [0.1, 0.15) is 0 Å². The Balaban J connectivity index is 2.39. The molecule has 0 fully saturated rings. The molecule has 0 unspecified atom stereocenters. The molecule has 0 bridgehead atoms. The number of nitrogens with one attached hydrogen (secondary N) is 1. The standard InChI is InChI=1S/C11H17N3O/c1-2-9-4-3-6-14-10(9)8-13-7-5-11(12)15/h3-4,6,13H,2,5,7-8H2,1H3,(H2,12,15). The van der Waals surface area contributed by atoms with Gasteiger partial charge in [0.25, 0.3) is 0 Å². The Labute approximate surface area is 89.9 Å². The van der Waals surface area contributed by atoms with Crippen LogP contribution in [0, 0.1) is 0 Å². The molecule has 4 heteroatoms. The number of amides is 1. The fourth-order valence-corrected chi connectivity index (χ4v) is 1.37. The van der Waals surface area contributed by atoms with Crippen molar-refractivity contribution in [1.29, 1.82) is 0 Å². The van der Waals surface area contributed by atoms with Crippen molar-refractivity contribution in [1.82, 2.24) is 10.3 Å². The number of hydrogen-bond acceptors (Lipinski definition) is 3. The van der Waals surface area contributed by atoms with Gasteiger partial charge in [-0.1, -0.05) is 13.0 Å². The zero-order chi connectivity index (χ0) is 11.1. The summed E-state index contributed by atoms with van der Waals surface area (Å²) in [7, 11) is 0. The molecular formula is C11H17N3O. The van der Waals surface area contributed by atoms with Crippen LogP contribution in [0.3, 0.4) is 0 Å². The molecule has 0 saturated carbocycles. The molecule has 0 aromatic carbocycles. The van der Waals surface area contributed by atoms with Gasteiger partial charge in [0.05, 0.1) is 5.69 Å². The van der Waals surface area contributed by atoms with Crippen LogP contribution in [0.1, 0.15) is 24.6 Å². The Morgan fingerprint density at radius 2 is 2.40 bits per heavy atom. The molecular weight excluding hydrogens is 190 g/mol. The van der Waals surface area contributed by atoms with Gasteiger partial charge < -0.3 is 11.1 Å². The molecule has 1 heterocycles. The molecule has 1 aromatic heterocycles. The maximum absolute atomic E-state index is 10.5. The lowest BCUT2D eigenvalue weighted by molar-refractivity contribution is -0.117. The zero-order valence-corrected chi connectivity index (χ0v) is 8.99. The van der Waals surface area contributed by atoms with E-state index in [2.05, 4.69) is 23.3 Å². The lowest BCUT2D eigenvalue weighted by Crippen LogP contribution is -2.22. The molecule has 1 rings (SSSR count). The number of rotatable bonds is 6. The van der Waals surface area contributed by atoms with Gasteiger partial charge in [0.15, 0.2) is 0 Å². The second-order valence-electron chi connectivity index (χ2n) is 3.36. The number of primary amides is 1. The van der Waals surface area contributed by atoms with Gasteiger partial charge in [0.2, 0.25) is 5.91 Å². The number of nitrogens with two attached hydrogens (primary N) is 1. The van der Waals surface area contributed by atoms with E-state index < -0.39 is 0 Å². The zero-order valence-electron chi connectivity index (χ0n) is 8.99. The summed E-state index contributed by atoms with van der Waals surface area (Å²) < 4.78 is 0. The molecule has 0 aliphatic carbocycles. The number of pyridine rings is 1. The fourth-order valence-electron chi connectivity index (χ4n) is 1.37. The highest BCUT2D eigenvalue weighted by molar-refractivity contribution is 5.73. The minimum atomic E-state index is -0.278. The lowest BCUT2D eigenvalue weighted by Gasteiger charge is -2.06. The first-order valence-electron chi connectivity index (χ1n) is 5.15. The summed E-state index contributed by atoms with van der Waals surface area (Å²) in [5.41, 5.74) is 7.32. The van der Waals surface area contributed by atoms with E-state index in [1.807, 2.05) is 6.07 Å². The second-order valence-corrected chi connectivity index (χ2v) is 3.36. The van der Waals surface area contributed by atoms with Crippen molar-refractivity contribution >= 4 is 5.91 Å². The van der Waals surface area contributed by atoms with Crippen LogP contribution >= 0.6 is 0 Å². The largest absolute Gasteiger partial charge is 0.370 e. The summed E-state index contributed by atoms with van der Waals surface area (Å²) in [6.07, 6.45) is 3.12. The monoisotopic (exact) mass is 207 g/mol. The smallest absolute Gasteiger partial charge is 0.218 e. The van der Waals surface area contributed by atoms with Gasteiger partial charge in [-0.2, -0.15) is 0 Å². The first-order valence-corrected chi connectivity index (χ1v) is 5.15. The minimum absolute atomic E-state index is 0.278. The molecule has 3 N–H and O–H groups in total. The Bertz CT molecular complexity index is 325. The van der Waals surface area contributed by atoms with Crippen molar-refractivity contribution in [2.24, 2.45) is 5.73 Å². The van der Waals surface area contributed by atoms with E-state index in [-0.39, 0.29) is 5.91 Å². The predicted octanol–water partition coefficient (Wildman–Crippen LogP) is 0.609. The van der Waals surface area contributed by atoms with Gasteiger partial charge in [-0.05, 0) is 18.1 Å². The van der Waals surface area contributed by atoms with Crippen molar-refractivity contribution in [2.45, 2.75) is 26.3 Å². The third kappa shape index (κ3) is 4.08. The highest BCUT2D eigenvalue weighted by atomic mass is 16.1. The van der Waals surface area contributed by atoms with Crippen molar-refractivity contribution in [2.75, 3.05) is 6.54 Å². The summed E-state index contributed by atoms with van der Waals surface area (Å²) in [4.78, 5) is 14.8. The molecule has 82 valence electrons. The van der Waals surface area contributed by atoms with Gasteiger partial charge >= 0.3 is 0 Å². The molecule has 4 nitrogen and oxygen atoms in total. The van der Waals surface area contributed by atoms with Gasteiger partial charge in [-0.25, -0.2) is 0 Å². The van der Waals surface area contributed by atoms with Crippen LogP contribution in [0.2, 0.25) is 0 Å². The normalized spacial score (nSPS) is 10.2. The van der Waals surface area contributed by atoms with Crippen LogP contribution in [-0.4, -0.2) is 17.4 Å². The van der Waals surface area contributed by atoms with E-state index in [9.17, 15) is 4.79 Å². The topological polar surface area (TPSA) is 68.0 Å². The predicted molar refractivity (Wildman–Crippen MR) is 59.1 cm³/mol. The van der Waals surface area contributed by atoms with Crippen LogP contribution < -0.4 is 11.1 Å². The summed E-state index contributed by atoms with van der Waals surface area (Å²) >= 11 is 0. The van der Waals surface area contributed by atoms with Crippen molar-refractivity contribution < 1.29 is 4.79 Å². The van der Waals surface area contributed by atoms with E-state index >= 15 is 0 Å². The van der Waals surface area contributed by atoms with Crippen LogP contribution in [0.4, 0.5) is 0 Å². The summed E-state index contributed by atoms with van der Waals surface area (Å²) in [6, 6.07) is 4.00. The highest BCUT2D eigenvalue weighted by Crippen LogP contribution is 2.05. The molecule has 0 saturated heterocycles. The van der Waals surface area contributed by atoms with E-state index in [0.717, 1.165) is 12.1 Å². The minimum Gasteiger partial charge on any atom is -0.370 e. The fraction of sp³-hybridized carbons (Fsp3) is 0.455. The Kier molecular flexibility index (Phi) is 4.77. The van der Waals surface area contributed by atoms with E-state index in [1.54, 1.807) is 6.20 Å². The summed E-state index contributed by atoms with van der Waals surface area (Å²) in [6.45, 7) is 3.40. The number of carbonyl (C=O) groups excluding carboxylic acids is 1. The Morgan fingerprint density at radius 3 is 3.07 bits per heavy atom. The SMILES string of the molecule is CCc1cccnc1CNCCC(N)=O. The maximum Gasteiger partial charge on any atom is 0.218 e. The molecule has 0 atom stereocenters. The third-order valence-electron chi connectivity index (χ3n) is 2.21. The maximum atomic E-state index is 10.5. The van der Waals surface area contributed by atoms with Gasteiger partial charge in [-0.15, -0.1) is 0 Å². The first-order chi connectivity index (χ1) is 7.24. The number of aromatic nitrogens is 1. The van der Waals surface area contributed by atoms with Gasteiger partial charge in [-0.3, -0.25) is 9.78 Å². The van der Waals surface area contributed by atoms with Crippen LogP contribution in [0.25, 0.3) is 0 Å². The Morgan fingerprint density at radius 1 is 1.60 bits per heavy atom. The molecule has 0 spiro atoms. The second kappa shape index (κ2) is 6.14. The summed E-state index contributed by atoms with van der Waals surface area (Å²) in [5.74, 6) is -0.278. The van der Waals surface area contributed by atoms with Crippen LogP contribution in [0.5, 0.6) is 0 Å². The van der Waals surface area contributed by atoms with Gasteiger partial charge in [0, 0.05) is 25.7 Å². The first kappa shape index (κ1) is 11.7. The average Bonchev–Trinajstić information content (AvgIpc) is 2.24. The molecule has 0 radical (unpaired) electrons. The average molecular weight is 207 g/mol. The number of hydrogen-bond donors (Lipinski definition) is 2. The number of aryl methyl sites for hydroxylation is 1.